The van der Waals surface area contributed by atoms with Gasteiger partial charge in [0.25, 0.3) is 0 Å². The number of methoxy groups -OCH3 is 1. The van der Waals surface area contributed by atoms with E-state index in [0.717, 1.165) is 42.1 Å². The van der Waals surface area contributed by atoms with Crippen molar-refractivity contribution in [1.82, 2.24) is 4.98 Å². The van der Waals surface area contributed by atoms with Gasteiger partial charge in [-0.1, -0.05) is 30.3 Å². The number of para-hydroxylation sites is 4. The second kappa shape index (κ2) is 11.2. The predicted octanol–water partition coefficient (Wildman–Crippen LogP) is 4.84. The second-order valence-electron chi connectivity index (χ2n) is 8.85. The van der Waals surface area contributed by atoms with Gasteiger partial charge in [0.1, 0.15) is 30.8 Å². The van der Waals surface area contributed by atoms with Crippen molar-refractivity contribution in [2.45, 2.75) is 32.2 Å². The summed E-state index contributed by atoms with van der Waals surface area (Å²) in [5, 5.41) is 9.85. The molecule has 188 valence electrons. The van der Waals surface area contributed by atoms with Crippen LogP contribution in [-0.2, 0) is 17.8 Å². The van der Waals surface area contributed by atoms with E-state index in [9.17, 15) is 5.26 Å². The first-order valence-electron chi connectivity index (χ1n) is 12.3. The molecule has 0 aliphatic carbocycles. The maximum absolute atomic E-state index is 9.85. The summed E-state index contributed by atoms with van der Waals surface area (Å²) in [6.07, 6.45) is 5.81. The van der Waals surface area contributed by atoms with Gasteiger partial charge >= 0.3 is 0 Å². The topological polar surface area (TPSA) is 100 Å². The molecule has 3 N–H and O–H groups in total. The maximum Gasteiger partial charge on any atom is 0.242 e. The minimum absolute atomic E-state index is 0.0262. The van der Waals surface area contributed by atoms with Gasteiger partial charge < -0.3 is 24.8 Å². The van der Waals surface area contributed by atoms with Crippen LogP contribution < -0.4 is 24.7 Å². The molecule has 1 saturated heterocycles. The molecule has 1 aliphatic rings. The van der Waals surface area contributed by atoms with Gasteiger partial charge in [-0.2, -0.15) is 5.26 Å². The summed E-state index contributed by atoms with van der Waals surface area (Å²) < 4.78 is 20.3. The van der Waals surface area contributed by atoms with Crippen LogP contribution in [0.1, 0.15) is 29.7 Å². The summed E-state index contributed by atoms with van der Waals surface area (Å²) in [7, 11) is 1.74. The molecular weight excluding hydrogens is 466 g/mol. The molecule has 1 aliphatic heterocycles. The molecule has 37 heavy (non-hydrogen) atoms. The monoisotopic (exact) mass is 496 g/mol. The molecule has 1 aromatic heterocycles. The molecule has 1 fully saturated rings. The summed E-state index contributed by atoms with van der Waals surface area (Å²) in [5.74, 6) is 2.27. The van der Waals surface area contributed by atoms with E-state index in [1.54, 1.807) is 7.11 Å². The molecule has 4 aromatic rings. The first kappa shape index (κ1) is 24.4. The number of hydrogen-bond acceptors (Lipinski definition) is 6. The van der Waals surface area contributed by atoms with Crippen molar-refractivity contribution in [3.05, 3.63) is 96.1 Å². The third kappa shape index (κ3) is 5.28. The molecule has 8 heteroatoms. The summed E-state index contributed by atoms with van der Waals surface area (Å²) >= 11 is 0. The van der Waals surface area contributed by atoms with Crippen molar-refractivity contribution >= 4 is 5.69 Å². The van der Waals surface area contributed by atoms with E-state index in [-0.39, 0.29) is 6.23 Å². The smallest absolute Gasteiger partial charge is 0.242 e. The predicted molar refractivity (Wildman–Crippen MR) is 140 cm³/mol. The Balaban J connectivity index is 1.39. The van der Waals surface area contributed by atoms with E-state index in [4.69, 9.17) is 19.9 Å². The standard InChI is InChI=1S/C29H29N5O3/c1-35-29-11-6-14-34(29)24-7-2-3-8-26(24)37-28-10-5-4-9-27(28)36-25-13-12-21(15-22(25)16-30)19-33-20-32-18-23(33)17-31/h2-5,7-10,12-13,15,18,20,29H,6,11,14,17,19,31H2,1H3/p+1. The van der Waals surface area contributed by atoms with E-state index >= 15 is 0 Å². The highest BCUT2D eigenvalue weighted by Crippen LogP contribution is 2.40. The molecule has 5 rings (SSSR count). The lowest BCUT2D eigenvalue weighted by Crippen LogP contribution is -2.37. The van der Waals surface area contributed by atoms with Crippen LogP contribution >= 0.6 is 0 Å². The van der Waals surface area contributed by atoms with Crippen molar-refractivity contribution in [2.24, 2.45) is 5.73 Å². The lowest BCUT2D eigenvalue weighted by atomic mass is 10.1. The molecule has 3 aromatic carbocycles. The van der Waals surface area contributed by atoms with Gasteiger partial charge in [0.2, 0.25) is 6.33 Å². The van der Waals surface area contributed by atoms with Crippen LogP contribution in [0.3, 0.4) is 0 Å². The Morgan fingerprint density at radius 2 is 1.76 bits per heavy atom. The number of nitrogens with zero attached hydrogens (tertiary/aromatic N) is 3. The molecule has 2 heterocycles. The van der Waals surface area contributed by atoms with E-state index in [1.165, 1.54) is 0 Å². The Morgan fingerprint density at radius 3 is 2.49 bits per heavy atom. The number of benzene rings is 3. The molecule has 1 unspecified atom stereocenters. The van der Waals surface area contributed by atoms with Crippen molar-refractivity contribution in [1.29, 1.82) is 5.26 Å². The lowest BCUT2D eigenvalue weighted by Gasteiger charge is -2.27. The Morgan fingerprint density at radius 1 is 1.03 bits per heavy atom. The van der Waals surface area contributed by atoms with Crippen LogP contribution in [-0.4, -0.2) is 24.9 Å². The van der Waals surface area contributed by atoms with Crippen LogP contribution in [0.5, 0.6) is 23.0 Å². The third-order valence-electron chi connectivity index (χ3n) is 6.51. The highest BCUT2D eigenvalue weighted by atomic mass is 16.5. The van der Waals surface area contributed by atoms with Crippen LogP contribution in [0.15, 0.2) is 79.3 Å². The summed E-state index contributed by atoms with van der Waals surface area (Å²) in [4.78, 5) is 5.29. The van der Waals surface area contributed by atoms with Crippen LogP contribution in [0, 0.1) is 11.3 Å². The number of imidazole rings is 1. The van der Waals surface area contributed by atoms with E-state index in [2.05, 4.69) is 16.0 Å². The van der Waals surface area contributed by atoms with Gasteiger partial charge in [-0.15, -0.1) is 0 Å². The number of aromatic nitrogens is 2. The maximum atomic E-state index is 9.85. The molecule has 1 atom stereocenters. The number of nitrogens with one attached hydrogen (secondary N) is 1. The molecule has 0 spiro atoms. The average molecular weight is 497 g/mol. The summed E-state index contributed by atoms with van der Waals surface area (Å²) in [6.45, 7) is 1.93. The Labute approximate surface area is 216 Å². The molecule has 0 bridgehead atoms. The summed E-state index contributed by atoms with van der Waals surface area (Å²) in [5.41, 5.74) is 9.18. The van der Waals surface area contributed by atoms with Crippen LogP contribution in [0.4, 0.5) is 5.69 Å². The number of anilines is 1. The zero-order valence-electron chi connectivity index (χ0n) is 20.8. The van der Waals surface area contributed by atoms with Crippen LogP contribution in [0.2, 0.25) is 0 Å². The van der Waals surface area contributed by atoms with Gasteiger partial charge in [-0.25, -0.2) is 9.55 Å². The van der Waals surface area contributed by atoms with Crippen molar-refractivity contribution in [2.75, 3.05) is 18.6 Å². The van der Waals surface area contributed by atoms with Gasteiger partial charge in [0.15, 0.2) is 22.9 Å². The van der Waals surface area contributed by atoms with Gasteiger partial charge in [-0.3, -0.25) is 0 Å². The molecule has 8 nitrogen and oxygen atoms in total. The first-order chi connectivity index (χ1) is 18.2. The van der Waals surface area contributed by atoms with Gasteiger partial charge in [-0.05, 0) is 54.8 Å². The lowest BCUT2D eigenvalue weighted by molar-refractivity contribution is -0.694. The molecular formula is C29H30N5O3+. The Hall–Kier alpha value is -4.32. The number of nitriles is 1. The SMILES string of the molecule is COC1CCCN1c1ccccc1Oc1ccccc1Oc1ccc(C[n+]2c[nH]cc2CN)cc1C#N. The number of nitrogens with two attached hydrogens (primary N) is 1. The number of ether oxygens (including phenoxy) is 3. The van der Waals surface area contributed by atoms with Crippen molar-refractivity contribution in [3.8, 4) is 29.1 Å². The first-order valence-corrected chi connectivity index (χ1v) is 12.3. The average Bonchev–Trinajstić information content (AvgIpc) is 3.60. The third-order valence-corrected chi connectivity index (χ3v) is 6.51. The number of rotatable bonds is 9. The van der Waals surface area contributed by atoms with E-state index in [1.807, 2.05) is 83.8 Å². The van der Waals surface area contributed by atoms with Crippen LogP contribution in [0.25, 0.3) is 0 Å². The minimum atomic E-state index is 0.0262. The fourth-order valence-corrected chi connectivity index (χ4v) is 4.65. The van der Waals surface area contributed by atoms with Crippen molar-refractivity contribution in [3.63, 3.8) is 0 Å². The largest absolute Gasteiger partial charge is 0.452 e. The number of hydrogen-bond donors (Lipinski definition) is 2. The Bertz CT molecular complexity index is 1410. The second-order valence-corrected chi connectivity index (χ2v) is 8.85. The van der Waals surface area contributed by atoms with E-state index < -0.39 is 0 Å². The minimum Gasteiger partial charge on any atom is -0.452 e. The zero-order valence-corrected chi connectivity index (χ0v) is 20.8. The summed E-state index contributed by atoms with van der Waals surface area (Å²) in [6, 6.07) is 23.3. The number of aromatic amines is 1. The highest BCUT2D eigenvalue weighted by molar-refractivity contribution is 5.61. The number of H-pyrrole nitrogens is 1. The zero-order chi connectivity index (χ0) is 25.6. The van der Waals surface area contributed by atoms with Gasteiger partial charge in [0, 0.05) is 13.7 Å². The van der Waals surface area contributed by atoms with E-state index in [0.29, 0.717) is 35.9 Å². The normalized spacial score (nSPS) is 14.9. The fraction of sp³-hybridized carbons (Fsp3) is 0.241. The molecule has 0 radical (unpaired) electrons. The molecule has 0 saturated carbocycles. The molecule has 0 amide bonds. The Kier molecular flexibility index (Phi) is 7.36. The fourth-order valence-electron chi connectivity index (χ4n) is 4.65. The van der Waals surface area contributed by atoms with Gasteiger partial charge in [0.05, 0.1) is 17.8 Å². The highest BCUT2D eigenvalue weighted by Gasteiger charge is 2.27. The quantitative estimate of drug-likeness (QED) is 0.322. The van der Waals surface area contributed by atoms with Crippen molar-refractivity contribution < 1.29 is 18.8 Å².